The van der Waals surface area contributed by atoms with Gasteiger partial charge in [0.25, 0.3) is 0 Å². The normalized spacial score (nSPS) is 10.4. The van der Waals surface area contributed by atoms with Crippen molar-refractivity contribution in [1.29, 1.82) is 0 Å². The first-order valence-corrected chi connectivity index (χ1v) is 8.74. The van der Waals surface area contributed by atoms with E-state index in [1.807, 2.05) is 38.1 Å². The number of ether oxygens (including phenoxy) is 2. The van der Waals surface area contributed by atoms with E-state index < -0.39 is 0 Å². The van der Waals surface area contributed by atoms with Crippen LogP contribution in [0.5, 0.6) is 11.5 Å². The van der Waals surface area contributed by atoms with E-state index in [2.05, 4.69) is 26.7 Å². The molecule has 2 aromatic carbocycles. The third kappa shape index (κ3) is 4.60. The monoisotopic (exact) mass is 384 g/mol. The molecular formula is C20H21ClN4O2. The van der Waals surface area contributed by atoms with E-state index in [-0.39, 0.29) is 0 Å². The van der Waals surface area contributed by atoms with Crippen LogP contribution in [0.2, 0.25) is 5.02 Å². The number of nitrogens with one attached hydrogen (secondary N) is 2. The van der Waals surface area contributed by atoms with Crippen molar-refractivity contribution < 1.29 is 9.47 Å². The lowest BCUT2D eigenvalue weighted by atomic mass is 10.2. The second-order valence-corrected chi connectivity index (χ2v) is 6.40. The van der Waals surface area contributed by atoms with Crippen LogP contribution in [0.3, 0.4) is 0 Å². The molecule has 7 heteroatoms. The molecule has 1 heterocycles. The minimum absolute atomic E-state index is 0.473. The first-order valence-electron chi connectivity index (χ1n) is 8.36. The average molecular weight is 385 g/mol. The van der Waals surface area contributed by atoms with Crippen LogP contribution < -0.4 is 20.1 Å². The second-order valence-electron chi connectivity index (χ2n) is 5.99. The highest BCUT2D eigenvalue weighted by atomic mass is 35.5. The summed E-state index contributed by atoms with van der Waals surface area (Å²) in [5.41, 5.74) is 2.82. The molecule has 0 amide bonds. The summed E-state index contributed by atoms with van der Waals surface area (Å²) >= 11 is 6.17. The molecule has 140 valence electrons. The Bertz CT molecular complexity index is 963. The van der Waals surface area contributed by atoms with Crippen LogP contribution in [-0.4, -0.2) is 24.2 Å². The highest BCUT2D eigenvalue weighted by Crippen LogP contribution is 2.37. The number of halogens is 1. The number of rotatable bonds is 6. The SMILES string of the molecule is COc1cc(Nc2cc(Nc3cccc(C)c3)nc(C)n2)c(OC)cc1Cl. The Hall–Kier alpha value is -2.99. The molecule has 0 aliphatic heterocycles. The summed E-state index contributed by atoms with van der Waals surface area (Å²) in [5, 5.41) is 7.03. The van der Waals surface area contributed by atoms with Gasteiger partial charge >= 0.3 is 0 Å². The smallest absolute Gasteiger partial charge is 0.144 e. The third-order valence-electron chi connectivity index (χ3n) is 3.87. The molecular weight excluding hydrogens is 364 g/mol. The van der Waals surface area contributed by atoms with Gasteiger partial charge in [-0.1, -0.05) is 23.7 Å². The van der Waals surface area contributed by atoms with Crippen LogP contribution in [0.15, 0.2) is 42.5 Å². The van der Waals surface area contributed by atoms with Crippen LogP contribution in [0.25, 0.3) is 0 Å². The topological polar surface area (TPSA) is 68.3 Å². The summed E-state index contributed by atoms with van der Waals surface area (Å²) in [7, 11) is 3.15. The Morgan fingerprint density at radius 3 is 2.22 bits per heavy atom. The molecule has 0 atom stereocenters. The van der Waals surface area contributed by atoms with E-state index in [9.17, 15) is 0 Å². The van der Waals surface area contributed by atoms with E-state index in [4.69, 9.17) is 21.1 Å². The Morgan fingerprint density at radius 1 is 0.852 bits per heavy atom. The van der Waals surface area contributed by atoms with E-state index in [0.717, 1.165) is 5.69 Å². The van der Waals surface area contributed by atoms with Crippen molar-refractivity contribution >= 4 is 34.6 Å². The van der Waals surface area contributed by atoms with E-state index in [1.54, 1.807) is 26.4 Å². The molecule has 0 aliphatic carbocycles. The van der Waals surface area contributed by atoms with Crippen LogP contribution in [-0.2, 0) is 0 Å². The fraction of sp³-hybridized carbons (Fsp3) is 0.200. The third-order valence-corrected chi connectivity index (χ3v) is 4.16. The Labute approximate surface area is 163 Å². The number of hydrogen-bond donors (Lipinski definition) is 2. The van der Waals surface area contributed by atoms with Crippen LogP contribution in [0.1, 0.15) is 11.4 Å². The standard InChI is InChI=1S/C20H21ClN4O2/c1-12-6-5-7-14(8-12)24-19-11-20(23-13(2)22-19)25-16-10-17(26-3)15(21)9-18(16)27-4/h5-11H,1-4H3,(H2,22,23,24,25). The number of aromatic nitrogens is 2. The second kappa shape index (κ2) is 8.14. The minimum atomic E-state index is 0.473. The molecule has 6 nitrogen and oxygen atoms in total. The Morgan fingerprint density at radius 2 is 1.56 bits per heavy atom. The highest BCUT2D eigenvalue weighted by molar-refractivity contribution is 6.32. The lowest BCUT2D eigenvalue weighted by molar-refractivity contribution is 0.405. The zero-order valence-electron chi connectivity index (χ0n) is 15.6. The molecule has 0 fully saturated rings. The van der Waals surface area contributed by atoms with Gasteiger partial charge < -0.3 is 20.1 Å². The Balaban J connectivity index is 1.91. The number of hydrogen-bond acceptors (Lipinski definition) is 6. The molecule has 0 bridgehead atoms. The predicted molar refractivity (Wildman–Crippen MR) is 109 cm³/mol. The van der Waals surface area contributed by atoms with Gasteiger partial charge in [0.2, 0.25) is 0 Å². The summed E-state index contributed by atoms with van der Waals surface area (Å²) in [6, 6.07) is 13.4. The van der Waals surface area contributed by atoms with Crippen LogP contribution >= 0.6 is 11.6 Å². The van der Waals surface area contributed by atoms with E-state index in [1.165, 1.54) is 5.56 Å². The van der Waals surface area contributed by atoms with Gasteiger partial charge in [-0.05, 0) is 31.5 Å². The maximum atomic E-state index is 6.17. The fourth-order valence-electron chi connectivity index (χ4n) is 2.66. The summed E-state index contributed by atoms with van der Waals surface area (Å²) in [4.78, 5) is 8.90. The molecule has 0 radical (unpaired) electrons. The van der Waals surface area contributed by atoms with Crippen LogP contribution in [0, 0.1) is 13.8 Å². The molecule has 3 rings (SSSR count). The van der Waals surface area contributed by atoms with Crippen LogP contribution in [0.4, 0.5) is 23.0 Å². The fourth-order valence-corrected chi connectivity index (χ4v) is 2.89. The highest BCUT2D eigenvalue weighted by Gasteiger charge is 2.12. The molecule has 27 heavy (non-hydrogen) atoms. The molecule has 3 aromatic rings. The maximum Gasteiger partial charge on any atom is 0.144 e. The van der Waals surface area contributed by atoms with Gasteiger partial charge in [-0.3, -0.25) is 0 Å². The maximum absolute atomic E-state index is 6.17. The zero-order valence-corrected chi connectivity index (χ0v) is 16.4. The van der Waals surface area contributed by atoms with Crippen molar-refractivity contribution in [1.82, 2.24) is 9.97 Å². The molecule has 1 aromatic heterocycles. The Kier molecular flexibility index (Phi) is 5.66. The lowest BCUT2D eigenvalue weighted by Gasteiger charge is -2.15. The zero-order chi connectivity index (χ0) is 19.4. The van der Waals surface area contributed by atoms with Crippen molar-refractivity contribution in [3.8, 4) is 11.5 Å². The van der Waals surface area contributed by atoms with Gasteiger partial charge in [-0.15, -0.1) is 0 Å². The van der Waals surface area contributed by atoms with Crippen molar-refractivity contribution in [2.75, 3.05) is 24.9 Å². The van der Waals surface area contributed by atoms with Gasteiger partial charge in [-0.2, -0.15) is 0 Å². The molecule has 0 unspecified atom stereocenters. The number of methoxy groups -OCH3 is 2. The largest absolute Gasteiger partial charge is 0.495 e. The number of anilines is 4. The molecule has 0 aliphatic rings. The van der Waals surface area contributed by atoms with Crippen molar-refractivity contribution in [2.24, 2.45) is 0 Å². The predicted octanol–water partition coefficient (Wildman–Crippen LogP) is 5.25. The van der Waals surface area contributed by atoms with Crippen molar-refractivity contribution in [3.63, 3.8) is 0 Å². The quantitative estimate of drug-likeness (QED) is 0.604. The van der Waals surface area contributed by atoms with E-state index >= 15 is 0 Å². The van der Waals surface area contributed by atoms with Crippen molar-refractivity contribution in [2.45, 2.75) is 13.8 Å². The van der Waals surface area contributed by atoms with Gasteiger partial charge in [0.05, 0.1) is 24.9 Å². The molecule has 2 N–H and O–H groups in total. The lowest BCUT2D eigenvalue weighted by Crippen LogP contribution is -2.03. The summed E-state index contributed by atoms with van der Waals surface area (Å²) in [6.07, 6.45) is 0. The first kappa shape index (κ1) is 18.8. The van der Waals surface area contributed by atoms with E-state index in [0.29, 0.717) is 39.7 Å². The number of aryl methyl sites for hydroxylation is 2. The van der Waals surface area contributed by atoms with Gasteiger partial charge in [0.15, 0.2) is 0 Å². The van der Waals surface area contributed by atoms with Gasteiger partial charge in [0, 0.05) is 23.9 Å². The van der Waals surface area contributed by atoms with Gasteiger partial charge in [-0.25, -0.2) is 9.97 Å². The molecule has 0 saturated carbocycles. The number of benzene rings is 2. The first-order chi connectivity index (χ1) is 13.0. The summed E-state index contributed by atoms with van der Waals surface area (Å²) in [5.74, 6) is 3.08. The average Bonchev–Trinajstić information content (AvgIpc) is 2.62. The number of nitrogens with zero attached hydrogens (tertiary/aromatic N) is 2. The molecule has 0 saturated heterocycles. The summed E-state index contributed by atoms with van der Waals surface area (Å²) < 4.78 is 10.7. The van der Waals surface area contributed by atoms with Gasteiger partial charge in [0.1, 0.15) is 29.0 Å². The van der Waals surface area contributed by atoms with Crippen molar-refractivity contribution in [3.05, 3.63) is 58.9 Å². The summed E-state index contributed by atoms with van der Waals surface area (Å²) in [6.45, 7) is 3.88. The molecule has 0 spiro atoms. The minimum Gasteiger partial charge on any atom is -0.495 e.